The molecule has 6 heteroatoms. The minimum absolute atomic E-state index is 0.0326. The van der Waals surface area contributed by atoms with E-state index < -0.39 is 0 Å². The fraction of sp³-hybridized carbons (Fsp3) is 0.176. The zero-order valence-electron chi connectivity index (χ0n) is 12.5. The molecular formula is C17H16N4OS. The van der Waals surface area contributed by atoms with Gasteiger partial charge in [-0.15, -0.1) is 10.2 Å². The van der Waals surface area contributed by atoms with Crippen molar-refractivity contribution >= 4 is 22.4 Å². The molecule has 0 saturated heterocycles. The van der Waals surface area contributed by atoms with E-state index >= 15 is 0 Å². The summed E-state index contributed by atoms with van der Waals surface area (Å²) in [7, 11) is 0. The van der Waals surface area contributed by atoms with E-state index in [0.717, 1.165) is 23.4 Å². The monoisotopic (exact) mass is 324 g/mol. The SMILES string of the molecule is O=C(CCCc1ccccc1)Nc1nnc(-c2cccnc2)s1. The first-order chi connectivity index (χ1) is 11.3. The van der Waals surface area contributed by atoms with Crippen molar-refractivity contribution in [3.05, 3.63) is 60.4 Å². The molecule has 0 radical (unpaired) electrons. The third-order valence-electron chi connectivity index (χ3n) is 3.29. The molecule has 1 amide bonds. The average molecular weight is 324 g/mol. The number of nitrogens with zero attached hydrogens (tertiary/aromatic N) is 3. The van der Waals surface area contributed by atoms with E-state index in [-0.39, 0.29) is 5.91 Å². The van der Waals surface area contributed by atoms with E-state index in [2.05, 4.69) is 32.6 Å². The molecule has 1 N–H and O–H groups in total. The van der Waals surface area contributed by atoms with Gasteiger partial charge in [-0.25, -0.2) is 0 Å². The molecule has 0 saturated carbocycles. The van der Waals surface area contributed by atoms with Gasteiger partial charge >= 0.3 is 0 Å². The predicted molar refractivity (Wildman–Crippen MR) is 91.1 cm³/mol. The van der Waals surface area contributed by atoms with Gasteiger partial charge in [0, 0.05) is 24.4 Å². The number of pyridine rings is 1. The van der Waals surface area contributed by atoms with Gasteiger partial charge in [-0.2, -0.15) is 0 Å². The molecule has 1 aromatic carbocycles. The Hall–Kier alpha value is -2.60. The molecule has 0 aliphatic heterocycles. The third kappa shape index (κ3) is 4.43. The second-order valence-corrected chi connectivity index (χ2v) is 6.02. The van der Waals surface area contributed by atoms with Gasteiger partial charge in [0.15, 0.2) is 5.01 Å². The lowest BCUT2D eigenvalue weighted by Crippen LogP contribution is -2.11. The first-order valence-corrected chi connectivity index (χ1v) is 8.20. The zero-order valence-corrected chi connectivity index (χ0v) is 13.3. The quantitative estimate of drug-likeness (QED) is 0.753. The molecule has 0 atom stereocenters. The van der Waals surface area contributed by atoms with Crippen molar-refractivity contribution in [1.82, 2.24) is 15.2 Å². The van der Waals surface area contributed by atoms with E-state index in [1.54, 1.807) is 12.4 Å². The van der Waals surface area contributed by atoms with E-state index in [0.29, 0.717) is 11.6 Å². The lowest BCUT2D eigenvalue weighted by Gasteiger charge is -2.01. The summed E-state index contributed by atoms with van der Waals surface area (Å²) in [6.45, 7) is 0. The summed E-state index contributed by atoms with van der Waals surface area (Å²) >= 11 is 1.35. The molecule has 3 aromatic rings. The summed E-state index contributed by atoms with van der Waals surface area (Å²) < 4.78 is 0. The Balaban J connectivity index is 1.49. The zero-order chi connectivity index (χ0) is 15.9. The Morgan fingerprint density at radius 1 is 1.09 bits per heavy atom. The van der Waals surface area contributed by atoms with Crippen LogP contribution in [0.2, 0.25) is 0 Å². The summed E-state index contributed by atoms with van der Waals surface area (Å²) in [6.07, 6.45) is 5.61. The number of hydrogen-bond acceptors (Lipinski definition) is 5. The number of carbonyl (C=O) groups excluding carboxylic acids is 1. The molecule has 0 aliphatic rings. The second kappa shape index (κ2) is 7.60. The first kappa shape index (κ1) is 15.3. The van der Waals surface area contributed by atoms with Crippen molar-refractivity contribution in [2.75, 3.05) is 5.32 Å². The summed E-state index contributed by atoms with van der Waals surface area (Å²) in [5.74, 6) is -0.0326. The van der Waals surface area contributed by atoms with Gasteiger partial charge in [0.25, 0.3) is 0 Å². The van der Waals surface area contributed by atoms with Crippen LogP contribution in [0.3, 0.4) is 0 Å². The molecule has 5 nitrogen and oxygen atoms in total. The van der Waals surface area contributed by atoms with Gasteiger partial charge in [-0.05, 0) is 30.5 Å². The van der Waals surface area contributed by atoms with Crippen molar-refractivity contribution in [2.24, 2.45) is 0 Å². The smallest absolute Gasteiger partial charge is 0.226 e. The molecule has 2 heterocycles. The highest BCUT2D eigenvalue weighted by atomic mass is 32.1. The molecule has 116 valence electrons. The summed E-state index contributed by atoms with van der Waals surface area (Å²) in [4.78, 5) is 16.0. The standard InChI is InChI=1S/C17H16N4OS/c22-15(10-4-8-13-6-2-1-3-7-13)19-17-21-20-16(23-17)14-9-5-11-18-12-14/h1-3,5-7,9,11-12H,4,8,10H2,(H,19,21,22). The molecule has 0 fully saturated rings. The topological polar surface area (TPSA) is 67.8 Å². The number of amides is 1. The summed E-state index contributed by atoms with van der Waals surface area (Å²) in [5.41, 5.74) is 2.14. The lowest BCUT2D eigenvalue weighted by atomic mass is 10.1. The Kier molecular flexibility index (Phi) is 5.06. The lowest BCUT2D eigenvalue weighted by molar-refractivity contribution is -0.116. The van der Waals surface area contributed by atoms with Gasteiger partial charge in [0.05, 0.1) is 0 Å². The Labute approximate surface area is 138 Å². The van der Waals surface area contributed by atoms with E-state index in [4.69, 9.17) is 0 Å². The van der Waals surface area contributed by atoms with Crippen LogP contribution in [-0.4, -0.2) is 21.1 Å². The molecule has 0 spiro atoms. The van der Waals surface area contributed by atoms with E-state index in [1.165, 1.54) is 16.9 Å². The molecule has 3 rings (SSSR count). The molecule has 23 heavy (non-hydrogen) atoms. The van der Waals surface area contributed by atoms with Crippen molar-refractivity contribution in [1.29, 1.82) is 0 Å². The predicted octanol–water partition coefficient (Wildman–Crippen LogP) is 3.56. The van der Waals surface area contributed by atoms with Crippen LogP contribution < -0.4 is 5.32 Å². The second-order valence-electron chi connectivity index (χ2n) is 5.04. The van der Waals surface area contributed by atoms with Gasteiger partial charge in [0.1, 0.15) is 0 Å². The highest BCUT2D eigenvalue weighted by Gasteiger charge is 2.09. The van der Waals surface area contributed by atoms with Crippen LogP contribution in [0.25, 0.3) is 10.6 Å². The fourth-order valence-corrected chi connectivity index (χ4v) is 2.91. The number of aromatic nitrogens is 3. The molecule has 0 aliphatic carbocycles. The van der Waals surface area contributed by atoms with E-state index in [1.807, 2.05) is 30.3 Å². The van der Waals surface area contributed by atoms with Crippen molar-refractivity contribution in [2.45, 2.75) is 19.3 Å². The van der Waals surface area contributed by atoms with Crippen molar-refractivity contribution in [3.8, 4) is 10.6 Å². The summed E-state index contributed by atoms with van der Waals surface area (Å²) in [5, 5.41) is 12.2. The number of aryl methyl sites for hydroxylation is 1. The molecule has 0 unspecified atom stereocenters. The third-order valence-corrected chi connectivity index (χ3v) is 4.18. The fourth-order valence-electron chi connectivity index (χ4n) is 2.16. The number of nitrogens with one attached hydrogen (secondary N) is 1. The maximum Gasteiger partial charge on any atom is 0.226 e. The van der Waals surface area contributed by atoms with Crippen LogP contribution in [0.4, 0.5) is 5.13 Å². The highest BCUT2D eigenvalue weighted by molar-refractivity contribution is 7.18. The van der Waals surface area contributed by atoms with Crippen LogP contribution in [0, 0.1) is 0 Å². The largest absolute Gasteiger partial charge is 0.301 e. The minimum atomic E-state index is -0.0326. The van der Waals surface area contributed by atoms with Crippen molar-refractivity contribution in [3.63, 3.8) is 0 Å². The number of carbonyl (C=O) groups is 1. The van der Waals surface area contributed by atoms with Crippen molar-refractivity contribution < 1.29 is 4.79 Å². The maximum absolute atomic E-state index is 12.0. The maximum atomic E-state index is 12.0. The first-order valence-electron chi connectivity index (χ1n) is 7.39. The van der Waals surface area contributed by atoms with Gasteiger partial charge in [-0.1, -0.05) is 41.7 Å². The number of rotatable bonds is 6. The Morgan fingerprint density at radius 2 is 1.96 bits per heavy atom. The van der Waals surface area contributed by atoms with Crippen LogP contribution in [-0.2, 0) is 11.2 Å². The van der Waals surface area contributed by atoms with Crippen LogP contribution >= 0.6 is 11.3 Å². The molecule has 0 bridgehead atoms. The minimum Gasteiger partial charge on any atom is -0.301 e. The van der Waals surface area contributed by atoms with Crippen LogP contribution in [0.15, 0.2) is 54.9 Å². The van der Waals surface area contributed by atoms with Crippen LogP contribution in [0.5, 0.6) is 0 Å². The average Bonchev–Trinajstić information content (AvgIpc) is 3.05. The van der Waals surface area contributed by atoms with Crippen LogP contribution in [0.1, 0.15) is 18.4 Å². The van der Waals surface area contributed by atoms with E-state index in [9.17, 15) is 4.79 Å². The summed E-state index contributed by atoms with van der Waals surface area (Å²) in [6, 6.07) is 13.9. The van der Waals surface area contributed by atoms with Gasteiger partial charge < -0.3 is 5.32 Å². The Morgan fingerprint density at radius 3 is 2.74 bits per heavy atom. The number of anilines is 1. The normalized spacial score (nSPS) is 10.4. The van der Waals surface area contributed by atoms with Gasteiger partial charge in [-0.3, -0.25) is 9.78 Å². The number of benzene rings is 1. The highest BCUT2D eigenvalue weighted by Crippen LogP contribution is 2.25. The number of hydrogen-bond donors (Lipinski definition) is 1. The molecular weight excluding hydrogens is 308 g/mol. The molecule has 2 aromatic heterocycles. The van der Waals surface area contributed by atoms with Gasteiger partial charge in [0.2, 0.25) is 11.0 Å². The Bertz CT molecular complexity index is 759.